The first-order valence-corrected chi connectivity index (χ1v) is 6.50. The predicted molar refractivity (Wildman–Crippen MR) is 74.3 cm³/mol. The summed E-state index contributed by atoms with van der Waals surface area (Å²) in [7, 11) is 0. The second-order valence-corrected chi connectivity index (χ2v) is 5.14. The zero-order valence-electron chi connectivity index (χ0n) is 10.3. The molecule has 0 bridgehead atoms. The number of hydrogen-bond acceptors (Lipinski definition) is 1. The highest BCUT2D eigenvalue weighted by Gasteiger charge is 2.06. The Balaban J connectivity index is 2.14. The lowest BCUT2D eigenvalue weighted by Gasteiger charge is -2.11. The van der Waals surface area contributed by atoms with Crippen molar-refractivity contribution in [2.45, 2.75) is 20.5 Å². The van der Waals surface area contributed by atoms with Gasteiger partial charge in [0, 0.05) is 10.0 Å². The summed E-state index contributed by atoms with van der Waals surface area (Å²) in [4.78, 5) is 0. The first-order valence-electron chi connectivity index (χ1n) is 5.71. The Hall–Kier alpha value is -1.35. The largest absolute Gasteiger partial charge is 0.489 e. The van der Waals surface area contributed by atoms with Crippen LogP contribution < -0.4 is 4.74 Å². The van der Waals surface area contributed by atoms with Crippen molar-refractivity contribution in [3.8, 4) is 5.75 Å². The van der Waals surface area contributed by atoms with Crippen LogP contribution in [0.5, 0.6) is 5.75 Å². The molecule has 18 heavy (non-hydrogen) atoms. The van der Waals surface area contributed by atoms with Crippen LogP contribution in [0.2, 0.25) is 0 Å². The first kappa shape index (κ1) is 13.1. The fourth-order valence-electron chi connectivity index (χ4n) is 1.67. The number of halogens is 2. The standard InChI is InChI=1S/C15H14BrFO/c1-10-4-3-5-15(11(10)2)18-9-12-6-7-13(16)8-14(12)17/h3-8H,9H2,1-2H3. The highest BCUT2D eigenvalue weighted by molar-refractivity contribution is 9.10. The maximum absolute atomic E-state index is 13.6. The van der Waals surface area contributed by atoms with E-state index in [1.54, 1.807) is 6.07 Å². The molecule has 0 N–H and O–H groups in total. The van der Waals surface area contributed by atoms with Gasteiger partial charge in [0.1, 0.15) is 18.2 Å². The third-order valence-electron chi connectivity index (χ3n) is 2.95. The van der Waals surface area contributed by atoms with Crippen molar-refractivity contribution in [3.63, 3.8) is 0 Å². The summed E-state index contributed by atoms with van der Waals surface area (Å²) >= 11 is 3.23. The van der Waals surface area contributed by atoms with Gasteiger partial charge in [-0.15, -0.1) is 0 Å². The minimum absolute atomic E-state index is 0.239. The van der Waals surface area contributed by atoms with Gasteiger partial charge in [-0.25, -0.2) is 4.39 Å². The van der Waals surface area contributed by atoms with E-state index < -0.39 is 0 Å². The van der Waals surface area contributed by atoms with Crippen LogP contribution in [-0.4, -0.2) is 0 Å². The molecule has 0 fully saturated rings. The molecule has 1 nitrogen and oxygen atoms in total. The van der Waals surface area contributed by atoms with E-state index >= 15 is 0 Å². The third-order valence-corrected chi connectivity index (χ3v) is 3.45. The molecule has 0 atom stereocenters. The average Bonchev–Trinajstić information content (AvgIpc) is 2.33. The molecule has 3 heteroatoms. The van der Waals surface area contributed by atoms with Gasteiger partial charge in [0.2, 0.25) is 0 Å². The Morgan fingerprint density at radius 1 is 1.17 bits per heavy atom. The van der Waals surface area contributed by atoms with Gasteiger partial charge in [-0.2, -0.15) is 0 Å². The molecule has 2 aromatic rings. The van der Waals surface area contributed by atoms with Gasteiger partial charge in [-0.05, 0) is 43.2 Å². The van der Waals surface area contributed by atoms with Crippen LogP contribution in [0, 0.1) is 19.7 Å². The molecule has 0 aliphatic rings. The summed E-state index contributed by atoms with van der Waals surface area (Å²) in [6.45, 7) is 4.27. The Labute approximate surface area is 115 Å². The molecule has 0 aromatic heterocycles. The van der Waals surface area contributed by atoms with E-state index in [4.69, 9.17) is 4.74 Å². The minimum atomic E-state index is -0.255. The number of ether oxygens (including phenoxy) is 1. The van der Waals surface area contributed by atoms with Crippen molar-refractivity contribution in [1.29, 1.82) is 0 Å². The predicted octanol–water partition coefficient (Wildman–Crippen LogP) is 4.78. The summed E-state index contributed by atoms with van der Waals surface area (Å²) in [5, 5.41) is 0. The van der Waals surface area contributed by atoms with E-state index in [-0.39, 0.29) is 12.4 Å². The fourth-order valence-corrected chi connectivity index (χ4v) is 2.01. The van der Waals surface area contributed by atoms with E-state index in [0.717, 1.165) is 15.8 Å². The van der Waals surface area contributed by atoms with E-state index in [1.165, 1.54) is 11.6 Å². The van der Waals surface area contributed by atoms with Crippen LogP contribution in [0.25, 0.3) is 0 Å². The summed E-state index contributed by atoms with van der Waals surface area (Å²) in [6, 6.07) is 10.9. The smallest absolute Gasteiger partial charge is 0.130 e. The van der Waals surface area contributed by atoms with Crippen LogP contribution >= 0.6 is 15.9 Å². The van der Waals surface area contributed by atoms with E-state index in [1.807, 2.05) is 38.1 Å². The van der Waals surface area contributed by atoms with Crippen molar-refractivity contribution in [1.82, 2.24) is 0 Å². The van der Waals surface area contributed by atoms with Gasteiger partial charge < -0.3 is 4.74 Å². The van der Waals surface area contributed by atoms with Crippen LogP contribution in [0.4, 0.5) is 4.39 Å². The van der Waals surface area contributed by atoms with Gasteiger partial charge >= 0.3 is 0 Å². The molecule has 0 spiro atoms. The molecule has 0 saturated carbocycles. The van der Waals surface area contributed by atoms with Gasteiger partial charge in [0.15, 0.2) is 0 Å². The summed E-state index contributed by atoms with van der Waals surface area (Å²) in [6.07, 6.45) is 0. The lowest BCUT2D eigenvalue weighted by molar-refractivity contribution is 0.297. The lowest BCUT2D eigenvalue weighted by Crippen LogP contribution is -2.00. The SMILES string of the molecule is Cc1cccc(OCc2ccc(Br)cc2F)c1C. The molecule has 0 aliphatic heterocycles. The third kappa shape index (κ3) is 2.91. The quantitative estimate of drug-likeness (QED) is 0.792. The summed E-state index contributed by atoms with van der Waals surface area (Å²) < 4.78 is 20.0. The zero-order chi connectivity index (χ0) is 13.1. The van der Waals surface area contributed by atoms with Gasteiger partial charge in [0.25, 0.3) is 0 Å². The maximum atomic E-state index is 13.6. The van der Waals surface area contributed by atoms with E-state index in [0.29, 0.717) is 5.56 Å². The van der Waals surface area contributed by atoms with Crippen molar-refractivity contribution in [2.24, 2.45) is 0 Å². The summed E-state index contributed by atoms with van der Waals surface area (Å²) in [5.74, 6) is 0.548. The van der Waals surface area contributed by atoms with Gasteiger partial charge in [-0.1, -0.05) is 34.1 Å². The van der Waals surface area contributed by atoms with Gasteiger partial charge in [-0.3, -0.25) is 0 Å². The van der Waals surface area contributed by atoms with Crippen molar-refractivity contribution >= 4 is 15.9 Å². The molecule has 0 unspecified atom stereocenters. The van der Waals surface area contributed by atoms with E-state index in [2.05, 4.69) is 15.9 Å². The Kier molecular flexibility index (Phi) is 4.02. The Morgan fingerprint density at radius 2 is 1.94 bits per heavy atom. The van der Waals surface area contributed by atoms with Crippen molar-refractivity contribution in [3.05, 3.63) is 63.4 Å². The normalized spacial score (nSPS) is 10.4. The molecular weight excluding hydrogens is 295 g/mol. The molecule has 0 amide bonds. The second kappa shape index (κ2) is 5.53. The van der Waals surface area contributed by atoms with E-state index in [9.17, 15) is 4.39 Å². The average molecular weight is 309 g/mol. The monoisotopic (exact) mass is 308 g/mol. The van der Waals surface area contributed by atoms with Crippen LogP contribution in [-0.2, 0) is 6.61 Å². The van der Waals surface area contributed by atoms with Gasteiger partial charge in [0.05, 0.1) is 0 Å². The number of benzene rings is 2. The van der Waals surface area contributed by atoms with Crippen LogP contribution in [0.1, 0.15) is 16.7 Å². The maximum Gasteiger partial charge on any atom is 0.130 e. The highest BCUT2D eigenvalue weighted by atomic mass is 79.9. The Morgan fingerprint density at radius 3 is 2.67 bits per heavy atom. The molecule has 0 saturated heterocycles. The van der Waals surface area contributed by atoms with Crippen molar-refractivity contribution in [2.75, 3.05) is 0 Å². The fraction of sp³-hybridized carbons (Fsp3) is 0.200. The molecule has 2 aromatic carbocycles. The van der Waals surface area contributed by atoms with Crippen LogP contribution in [0.3, 0.4) is 0 Å². The first-order chi connectivity index (χ1) is 8.58. The lowest BCUT2D eigenvalue weighted by atomic mass is 10.1. The Bertz CT molecular complexity index is 566. The number of aryl methyl sites for hydroxylation is 1. The zero-order valence-corrected chi connectivity index (χ0v) is 11.9. The number of hydrogen-bond donors (Lipinski definition) is 0. The number of rotatable bonds is 3. The molecule has 0 radical (unpaired) electrons. The van der Waals surface area contributed by atoms with Crippen molar-refractivity contribution < 1.29 is 9.13 Å². The molecular formula is C15H14BrFO. The highest BCUT2D eigenvalue weighted by Crippen LogP contribution is 2.23. The molecule has 0 aliphatic carbocycles. The summed E-state index contributed by atoms with van der Waals surface area (Å²) in [5.41, 5.74) is 2.82. The topological polar surface area (TPSA) is 9.23 Å². The molecule has 2 rings (SSSR count). The molecule has 0 heterocycles. The second-order valence-electron chi connectivity index (χ2n) is 4.22. The minimum Gasteiger partial charge on any atom is -0.489 e. The molecule has 94 valence electrons. The van der Waals surface area contributed by atoms with Crippen LogP contribution in [0.15, 0.2) is 40.9 Å².